The lowest BCUT2D eigenvalue weighted by atomic mass is 10.0. The van der Waals surface area contributed by atoms with Gasteiger partial charge in [-0.1, -0.05) is 6.07 Å². The second-order valence-electron chi connectivity index (χ2n) is 11.6. The van der Waals surface area contributed by atoms with E-state index in [0.717, 1.165) is 24.8 Å². The number of nitrogens with zero attached hydrogens (tertiary/aromatic N) is 2. The number of benzene rings is 2. The van der Waals surface area contributed by atoms with Gasteiger partial charge >= 0.3 is 11.9 Å². The van der Waals surface area contributed by atoms with Crippen LogP contribution in [0.1, 0.15) is 45.3 Å². The Kier molecular flexibility index (Phi) is 11.2. The molecule has 1 aliphatic rings. The molecule has 16 heteroatoms. The average Bonchev–Trinajstić information content (AvgIpc) is 2.91. The molecule has 1 atom stereocenters. The van der Waals surface area contributed by atoms with E-state index in [2.05, 4.69) is 14.9 Å². The number of anilines is 2. The number of carbonyl (C=O) groups is 2. The Balaban J connectivity index is 1.57. The number of hydrogen-bond donors (Lipinski definition) is 5. The summed E-state index contributed by atoms with van der Waals surface area (Å²) in [5, 5.41) is 33.1. The number of esters is 1. The van der Waals surface area contributed by atoms with Crippen molar-refractivity contribution in [2.45, 2.75) is 56.3 Å². The maximum Gasteiger partial charge on any atom is 0.321 e. The summed E-state index contributed by atoms with van der Waals surface area (Å²) in [7, 11) is -7.91. The number of aliphatic carboxylic acids is 1. The number of nitrogens with one attached hydrogen (secondary N) is 2. The second kappa shape index (κ2) is 14.1. The predicted molar refractivity (Wildman–Crippen MR) is 163 cm³/mol. The zero-order valence-electron chi connectivity index (χ0n) is 25.1. The van der Waals surface area contributed by atoms with E-state index in [1.807, 2.05) is 0 Å². The zero-order chi connectivity index (χ0) is 32.9. The van der Waals surface area contributed by atoms with Crippen LogP contribution in [0.15, 0.2) is 47.4 Å². The van der Waals surface area contributed by atoms with Gasteiger partial charge in [0.1, 0.15) is 24.4 Å². The summed E-state index contributed by atoms with van der Waals surface area (Å²) in [6, 6.07) is 10.3. The third-order valence-electron chi connectivity index (χ3n) is 6.67. The van der Waals surface area contributed by atoms with E-state index in [-0.39, 0.29) is 28.9 Å². The normalized spacial score (nSPS) is 15.6. The zero-order valence-corrected chi connectivity index (χ0v) is 26.7. The van der Waals surface area contributed by atoms with Gasteiger partial charge in [-0.3, -0.25) is 14.3 Å². The van der Waals surface area contributed by atoms with Crippen LogP contribution >= 0.6 is 0 Å². The Morgan fingerprint density at radius 1 is 1.05 bits per heavy atom. The number of carbonyl (C=O) groups excluding carboxylic acids is 1. The third kappa shape index (κ3) is 10.3. The van der Waals surface area contributed by atoms with Crippen LogP contribution in [0.5, 0.6) is 5.75 Å². The van der Waals surface area contributed by atoms with Crippen molar-refractivity contribution in [1.29, 1.82) is 0 Å². The fourth-order valence-electron chi connectivity index (χ4n) is 4.65. The lowest BCUT2D eigenvalue weighted by Crippen LogP contribution is -2.43. The summed E-state index contributed by atoms with van der Waals surface area (Å²) in [5.41, 5.74) is 0.320. The van der Waals surface area contributed by atoms with Crippen molar-refractivity contribution in [2.75, 3.05) is 48.6 Å². The Morgan fingerprint density at radius 3 is 2.20 bits per heavy atom. The van der Waals surface area contributed by atoms with E-state index in [4.69, 9.17) is 4.74 Å². The minimum absolute atomic E-state index is 0.0196. The van der Waals surface area contributed by atoms with E-state index >= 15 is 0 Å². The highest BCUT2D eigenvalue weighted by molar-refractivity contribution is 7.92. The summed E-state index contributed by atoms with van der Waals surface area (Å²) in [6.45, 7) is 4.72. The van der Waals surface area contributed by atoms with Gasteiger partial charge in [0, 0.05) is 31.4 Å². The van der Waals surface area contributed by atoms with Gasteiger partial charge in [0.15, 0.2) is 0 Å². The minimum atomic E-state index is -4.30. The van der Waals surface area contributed by atoms with Gasteiger partial charge in [0.25, 0.3) is 0 Å². The molecule has 2 aromatic rings. The molecule has 0 bridgehead atoms. The van der Waals surface area contributed by atoms with Gasteiger partial charge < -0.3 is 30.3 Å². The van der Waals surface area contributed by atoms with Crippen molar-refractivity contribution in [1.82, 2.24) is 9.62 Å². The molecule has 5 N–H and O–H groups in total. The summed E-state index contributed by atoms with van der Waals surface area (Å²) >= 11 is 0. The number of aliphatic hydroxyl groups excluding tert-OH is 1. The number of phenolic OH excluding ortho intramolecular Hbond substituents is 1. The van der Waals surface area contributed by atoms with Crippen LogP contribution in [0.4, 0.5) is 11.4 Å². The molecule has 1 fully saturated rings. The number of ether oxygens (including phenoxy) is 1. The van der Waals surface area contributed by atoms with Crippen LogP contribution in [0, 0.1) is 0 Å². The Hall–Kier alpha value is -3.44. The molecule has 0 spiro atoms. The Bertz CT molecular complexity index is 1530. The van der Waals surface area contributed by atoms with Crippen molar-refractivity contribution in [2.24, 2.45) is 0 Å². The van der Waals surface area contributed by atoms with Crippen LogP contribution in [0.3, 0.4) is 0 Å². The summed E-state index contributed by atoms with van der Waals surface area (Å²) in [4.78, 5) is 25.5. The fraction of sp³-hybridized carbons (Fsp3) is 0.500. The molecule has 1 heterocycles. The van der Waals surface area contributed by atoms with Crippen molar-refractivity contribution in [3.63, 3.8) is 0 Å². The fourth-order valence-corrected chi connectivity index (χ4v) is 6.55. The van der Waals surface area contributed by atoms with Crippen molar-refractivity contribution < 1.29 is 46.5 Å². The van der Waals surface area contributed by atoms with Gasteiger partial charge in [-0.25, -0.2) is 16.8 Å². The number of piperidine rings is 1. The number of aliphatic hydroxyl groups is 1. The molecule has 14 nitrogen and oxygen atoms in total. The molecule has 3 rings (SSSR count). The number of hydrogen-bond acceptors (Lipinski definition) is 11. The first-order chi connectivity index (χ1) is 20.3. The number of phenols is 1. The van der Waals surface area contributed by atoms with Gasteiger partial charge in [-0.2, -0.15) is 4.31 Å². The summed E-state index contributed by atoms with van der Waals surface area (Å²) < 4.78 is 57.4. The smallest absolute Gasteiger partial charge is 0.321 e. The summed E-state index contributed by atoms with van der Waals surface area (Å²) in [5.74, 6) is -2.52. The number of sulfonamides is 2. The van der Waals surface area contributed by atoms with Crippen molar-refractivity contribution in [3.8, 4) is 5.75 Å². The number of carboxylic acids is 1. The molecule has 0 unspecified atom stereocenters. The highest BCUT2D eigenvalue weighted by atomic mass is 32.2. The number of aromatic hydroxyl groups is 1. The lowest BCUT2D eigenvalue weighted by Gasteiger charge is -2.34. The van der Waals surface area contributed by atoms with Crippen molar-refractivity contribution in [3.05, 3.63) is 48.0 Å². The first kappa shape index (κ1) is 35.0. The first-order valence-corrected chi connectivity index (χ1v) is 17.2. The molecular formula is C28H40N4O10S2. The van der Waals surface area contributed by atoms with Gasteiger partial charge in [-0.15, -0.1) is 0 Å². The molecule has 0 amide bonds. The van der Waals surface area contributed by atoms with E-state index in [1.165, 1.54) is 30.3 Å². The highest BCUT2D eigenvalue weighted by Gasteiger charge is 2.31. The molecule has 1 aliphatic heterocycles. The molecule has 2 aromatic carbocycles. The lowest BCUT2D eigenvalue weighted by molar-refractivity contribution is -0.155. The first-order valence-electron chi connectivity index (χ1n) is 13.8. The van der Waals surface area contributed by atoms with Gasteiger partial charge in [-0.05, 0) is 75.6 Å². The third-order valence-corrected chi connectivity index (χ3v) is 9.07. The van der Waals surface area contributed by atoms with E-state index in [0.29, 0.717) is 23.0 Å². The minimum Gasteiger partial charge on any atom is -0.506 e. The SMILES string of the molecule is CC(C)(C)OC(=O)CN(CC(=O)O)S(=O)(=O)c1ccc(N2CCC(NC[C@@H](O)c3ccc(O)c(NS(C)(=O)=O)c3)CC2)cc1. The topological polar surface area (TPSA) is 203 Å². The maximum atomic E-state index is 13.2. The molecule has 0 saturated carbocycles. The quantitative estimate of drug-likeness (QED) is 0.154. The highest BCUT2D eigenvalue weighted by Crippen LogP contribution is 2.28. The van der Waals surface area contributed by atoms with Gasteiger partial charge in [0.05, 0.1) is 22.9 Å². The van der Waals surface area contributed by atoms with Crippen LogP contribution in [0.2, 0.25) is 0 Å². The predicted octanol–water partition coefficient (Wildman–Crippen LogP) is 1.47. The molecule has 44 heavy (non-hydrogen) atoms. The molecular weight excluding hydrogens is 616 g/mol. The molecule has 1 saturated heterocycles. The maximum absolute atomic E-state index is 13.2. The largest absolute Gasteiger partial charge is 0.506 e. The second-order valence-corrected chi connectivity index (χ2v) is 15.3. The molecule has 0 aliphatic carbocycles. The average molecular weight is 657 g/mol. The van der Waals surface area contributed by atoms with E-state index in [9.17, 15) is 41.7 Å². The van der Waals surface area contributed by atoms with Crippen LogP contribution < -0.4 is 14.9 Å². The molecule has 0 aromatic heterocycles. The van der Waals surface area contributed by atoms with Crippen LogP contribution in [0.25, 0.3) is 0 Å². The molecule has 0 radical (unpaired) electrons. The molecule has 244 valence electrons. The standard InChI is InChI=1S/C28H40N4O10S2/c1-28(2,3)42-27(37)18-32(17-26(35)36)44(40,41)22-8-6-21(7-9-22)31-13-11-20(12-14-31)29-16-25(34)19-5-10-24(33)23(15-19)30-43(4,38)39/h5-10,15,20,25,29-30,33-34H,11-14,16-18H2,1-4H3,(H,35,36)/t25-/m1/s1. The monoisotopic (exact) mass is 656 g/mol. The Labute approximate surface area is 257 Å². The summed E-state index contributed by atoms with van der Waals surface area (Å²) in [6.07, 6.45) is 1.47. The van der Waals surface area contributed by atoms with E-state index in [1.54, 1.807) is 32.9 Å². The van der Waals surface area contributed by atoms with Crippen LogP contribution in [-0.4, -0.2) is 99.0 Å². The Morgan fingerprint density at radius 2 is 1.66 bits per heavy atom. The van der Waals surface area contributed by atoms with Crippen LogP contribution in [-0.2, 0) is 34.4 Å². The number of carboxylic acid groups (broad SMARTS) is 1. The van der Waals surface area contributed by atoms with Gasteiger partial charge in [0.2, 0.25) is 20.0 Å². The van der Waals surface area contributed by atoms with E-state index < -0.39 is 56.8 Å². The van der Waals surface area contributed by atoms with Crippen molar-refractivity contribution >= 4 is 43.4 Å². The number of rotatable bonds is 13.